The summed E-state index contributed by atoms with van der Waals surface area (Å²) in [6.07, 6.45) is 0. The SMILES string of the molecule is CCO[Si](OCC)(C(C)C)C1(C)COC1. The van der Waals surface area contributed by atoms with Gasteiger partial charge in [0, 0.05) is 13.2 Å². The highest BCUT2D eigenvalue weighted by molar-refractivity contribution is 6.72. The van der Waals surface area contributed by atoms with Gasteiger partial charge >= 0.3 is 8.56 Å². The molecule has 0 radical (unpaired) electrons. The molecule has 0 atom stereocenters. The molecule has 15 heavy (non-hydrogen) atoms. The summed E-state index contributed by atoms with van der Waals surface area (Å²) < 4.78 is 17.5. The van der Waals surface area contributed by atoms with Crippen LogP contribution in [0.25, 0.3) is 0 Å². The van der Waals surface area contributed by atoms with Crippen LogP contribution < -0.4 is 0 Å². The first-order valence-corrected chi connectivity index (χ1v) is 7.77. The van der Waals surface area contributed by atoms with Crippen LogP contribution in [0.1, 0.15) is 34.6 Å². The summed E-state index contributed by atoms with van der Waals surface area (Å²) in [7, 11) is -2.14. The molecular formula is C11H24O3Si. The fourth-order valence-electron chi connectivity index (χ4n) is 2.46. The summed E-state index contributed by atoms with van der Waals surface area (Å²) in [5, 5.41) is 0.132. The first-order chi connectivity index (χ1) is 7.02. The van der Waals surface area contributed by atoms with E-state index in [-0.39, 0.29) is 5.04 Å². The molecule has 0 aromatic heterocycles. The smallest absolute Gasteiger partial charge is 0.351 e. The Morgan fingerprint density at radius 3 is 1.87 bits per heavy atom. The van der Waals surface area contributed by atoms with Crippen LogP contribution in [0.3, 0.4) is 0 Å². The van der Waals surface area contributed by atoms with E-state index in [4.69, 9.17) is 13.6 Å². The Kier molecular flexibility index (Phi) is 4.35. The molecule has 0 aromatic carbocycles. The van der Waals surface area contributed by atoms with Crippen LogP contribution in [0.2, 0.25) is 10.6 Å². The van der Waals surface area contributed by atoms with Gasteiger partial charge in [-0.1, -0.05) is 20.8 Å². The summed E-state index contributed by atoms with van der Waals surface area (Å²) in [5.74, 6) is 0. The van der Waals surface area contributed by atoms with Crippen LogP contribution in [0.15, 0.2) is 0 Å². The van der Waals surface area contributed by atoms with Gasteiger partial charge in [-0.25, -0.2) is 0 Å². The van der Waals surface area contributed by atoms with Crippen molar-refractivity contribution >= 4 is 8.56 Å². The maximum Gasteiger partial charge on any atom is 0.351 e. The highest BCUT2D eigenvalue weighted by atomic mass is 28.4. The second-order valence-electron chi connectivity index (χ2n) is 4.74. The first kappa shape index (κ1) is 13.2. The molecule has 0 saturated carbocycles. The maximum atomic E-state index is 6.08. The summed E-state index contributed by atoms with van der Waals surface area (Å²) >= 11 is 0. The van der Waals surface area contributed by atoms with Gasteiger partial charge in [-0.3, -0.25) is 0 Å². The summed E-state index contributed by atoms with van der Waals surface area (Å²) in [6.45, 7) is 13.8. The quantitative estimate of drug-likeness (QED) is 0.659. The largest absolute Gasteiger partial charge is 0.394 e. The van der Waals surface area contributed by atoms with Crippen molar-refractivity contribution in [1.29, 1.82) is 0 Å². The molecular weight excluding hydrogens is 208 g/mol. The molecule has 1 rings (SSSR count). The standard InChI is InChI=1S/C11H24O3Si/c1-6-13-15(10(3)4,14-7-2)11(5)8-12-9-11/h10H,6-9H2,1-5H3. The van der Waals surface area contributed by atoms with Crippen molar-refractivity contribution in [2.75, 3.05) is 26.4 Å². The third-order valence-electron chi connectivity index (χ3n) is 3.16. The lowest BCUT2D eigenvalue weighted by Gasteiger charge is -2.51. The zero-order valence-electron chi connectivity index (χ0n) is 10.6. The minimum atomic E-state index is -2.14. The van der Waals surface area contributed by atoms with E-state index in [1.54, 1.807) is 0 Å². The average molecular weight is 232 g/mol. The van der Waals surface area contributed by atoms with Gasteiger partial charge in [0.15, 0.2) is 0 Å². The van der Waals surface area contributed by atoms with Crippen LogP contribution in [-0.4, -0.2) is 35.0 Å². The van der Waals surface area contributed by atoms with E-state index in [1.165, 1.54) is 0 Å². The lowest BCUT2D eigenvalue weighted by Crippen LogP contribution is -2.62. The van der Waals surface area contributed by atoms with E-state index in [1.807, 2.05) is 13.8 Å². The molecule has 0 amide bonds. The molecule has 0 bridgehead atoms. The molecule has 0 N–H and O–H groups in total. The lowest BCUT2D eigenvalue weighted by atomic mass is 10.1. The van der Waals surface area contributed by atoms with Crippen LogP contribution in [-0.2, 0) is 13.6 Å². The molecule has 1 aliphatic rings. The van der Waals surface area contributed by atoms with Gasteiger partial charge in [0.05, 0.1) is 18.3 Å². The Balaban J connectivity index is 2.89. The molecule has 4 heteroatoms. The number of hydrogen-bond donors (Lipinski definition) is 0. The molecule has 0 spiro atoms. The third kappa shape index (κ3) is 2.13. The van der Waals surface area contributed by atoms with Crippen molar-refractivity contribution in [2.24, 2.45) is 0 Å². The average Bonchev–Trinajstić information content (AvgIpc) is 2.13. The van der Waals surface area contributed by atoms with Crippen molar-refractivity contribution in [3.8, 4) is 0 Å². The van der Waals surface area contributed by atoms with E-state index in [2.05, 4.69) is 20.8 Å². The molecule has 1 saturated heterocycles. The summed E-state index contributed by atoms with van der Waals surface area (Å²) in [5.41, 5.74) is 0.464. The second-order valence-corrected chi connectivity index (χ2v) is 9.02. The van der Waals surface area contributed by atoms with Gasteiger partial charge in [-0.2, -0.15) is 0 Å². The van der Waals surface area contributed by atoms with E-state index in [0.29, 0.717) is 5.54 Å². The fraction of sp³-hybridized carbons (Fsp3) is 1.00. The lowest BCUT2D eigenvalue weighted by molar-refractivity contribution is -0.0442. The van der Waals surface area contributed by atoms with Gasteiger partial charge in [0.25, 0.3) is 0 Å². The highest BCUT2D eigenvalue weighted by Crippen LogP contribution is 2.50. The van der Waals surface area contributed by atoms with Crippen molar-refractivity contribution < 1.29 is 13.6 Å². The second kappa shape index (κ2) is 4.95. The molecule has 0 aromatic rings. The summed E-state index contributed by atoms with van der Waals surface area (Å²) in [4.78, 5) is 0. The topological polar surface area (TPSA) is 27.7 Å². The van der Waals surface area contributed by atoms with E-state index < -0.39 is 8.56 Å². The highest BCUT2D eigenvalue weighted by Gasteiger charge is 2.60. The third-order valence-corrected chi connectivity index (χ3v) is 8.09. The van der Waals surface area contributed by atoms with E-state index in [0.717, 1.165) is 26.4 Å². The maximum absolute atomic E-state index is 6.08. The van der Waals surface area contributed by atoms with Crippen LogP contribution in [0, 0.1) is 0 Å². The zero-order valence-corrected chi connectivity index (χ0v) is 11.6. The summed E-state index contributed by atoms with van der Waals surface area (Å²) in [6, 6.07) is 0. The van der Waals surface area contributed by atoms with Crippen molar-refractivity contribution in [2.45, 2.75) is 45.2 Å². The van der Waals surface area contributed by atoms with Gasteiger partial charge in [-0.05, 0) is 19.4 Å². The predicted octanol–water partition coefficient (Wildman–Crippen LogP) is 2.70. The van der Waals surface area contributed by atoms with Crippen LogP contribution >= 0.6 is 0 Å². The molecule has 0 unspecified atom stereocenters. The van der Waals surface area contributed by atoms with Gasteiger partial charge in [-0.15, -0.1) is 0 Å². The Labute approximate surface area is 94.4 Å². The van der Waals surface area contributed by atoms with E-state index >= 15 is 0 Å². The molecule has 3 nitrogen and oxygen atoms in total. The predicted molar refractivity (Wildman–Crippen MR) is 63.3 cm³/mol. The minimum Gasteiger partial charge on any atom is -0.394 e. The Morgan fingerprint density at radius 1 is 1.20 bits per heavy atom. The normalized spacial score (nSPS) is 20.4. The van der Waals surface area contributed by atoms with Crippen LogP contribution in [0.4, 0.5) is 0 Å². The number of ether oxygens (including phenoxy) is 1. The van der Waals surface area contributed by atoms with Gasteiger partial charge in [0.1, 0.15) is 0 Å². The number of rotatable bonds is 6. The van der Waals surface area contributed by atoms with E-state index in [9.17, 15) is 0 Å². The Morgan fingerprint density at radius 2 is 1.67 bits per heavy atom. The molecule has 1 fully saturated rings. The number of hydrogen-bond acceptors (Lipinski definition) is 3. The first-order valence-electron chi connectivity index (χ1n) is 5.88. The Hall–Kier alpha value is 0.0969. The van der Waals surface area contributed by atoms with Gasteiger partial charge < -0.3 is 13.6 Å². The monoisotopic (exact) mass is 232 g/mol. The molecule has 90 valence electrons. The molecule has 1 heterocycles. The van der Waals surface area contributed by atoms with Gasteiger partial charge in [0.2, 0.25) is 0 Å². The molecule has 0 aliphatic carbocycles. The zero-order chi connectivity index (χ0) is 11.5. The minimum absolute atomic E-state index is 0.132. The molecule has 1 aliphatic heterocycles. The van der Waals surface area contributed by atoms with Crippen molar-refractivity contribution in [3.63, 3.8) is 0 Å². The fourth-order valence-corrected chi connectivity index (χ4v) is 6.76. The van der Waals surface area contributed by atoms with Crippen LogP contribution in [0.5, 0.6) is 0 Å². The van der Waals surface area contributed by atoms with Crippen molar-refractivity contribution in [3.05, 3.63) is 0 Å². The Bertz CT molecular complexity index is 196. The van der Waals surface area contributed by atoms with Crippen molar-refractivity contribution in [1.82, 2.24) is 0 Å².